The van der Waals surface area contributed by atoms with E-state index < -0.39 is 22.0 Å². The number of carbonyl (C=O) groups is 3. The van der Waals surface area contributed by atoms with Gasteiger partial charge in [0.2, 0.25) is 5.91 Å². The summed E-state index contributed by atoms with van der Waals surface area (Å²) in [7, 11) is 0. The summed E-state index contributed by atoms with van der Waals surface area (Å²) in [5.74, 6) is -0.479. The molecule has 3 aromatic rings. The Balaban J connectivity index is 1.46. The highest BCUT2D eigenvalue weighted by Crippen LogP contribution is 2.40. The van der Waals surface area contributed by atoms with Crippen LogP contribution < -0.4 is 10.6 Å². The van der Waals surface area contributed by atoms with Crippen molar-refractivity contribution in [2.24, 2.45) is 5.92 Å². The Kier molecular flexibility index (Phi) is 9.59. The molecule has 0 radical (unpaired) electrons. The Morgan fingerprint density at radius 1 is 1.15 bits per heavy atom. The van der Waals surface area contributed by atoms with Gasteiger partial charge in [0.1, 0.15) is 5.00 Å². The molecular weight excluding hydrogens is 550 g/mol. The highest BCUT2D eigenvalue weighted by atomic mass is 32.2. The maximum atomic E-state index is 13.4. The number of benzene rings is 2. The first-order chi connectivity index (χ1) is 19.2. The maximum absolute atomic E-state index is 13.4. The summed E-state index contributed by atoms with van der Waals surface area (Å²) in [6, 6.07) is 12.5. The zero-order valence-electron chi connectivity index (χ0n) is 22.5. The van der Waals surface area contributed by atoms with Crippen molar-refractivity contribution in [1.29, 1.82) is 0 Å². The minimum Gasteiger partial charge on any atom is -0.462 e. The number of nitrogens with one attached hydrogen (secondary N) is 2. The molecule has 1 aliphatic carbocycles. The van der Waals surface area contributed by atoms with Crippen LogP contribution in [-0.2, 0) is 22.4 Å². The van der Waals surface area contributed by atoms with E-state index in [4.69, 9.17) is 4.74 Å². The molecule has 2 N–H and O–H groups in total. The normalized spacial score (nSPS) is 15.0. The third-order valence-corrected chi connectivity index (χ3v) is 9.13. The Hall–Kier alpha value is -3.70. The van der Waals surface area contributed by atoms with Gasteiger partial charge in [-0.15, -0.1) is 23.1 Å². The van der Waals surface area contributed by atoms with Gasteiger partial charge in [0, 0.05) is 33.2 Å². The van der Waals surface area contributed by atoms with E-state index in [0.717, 1.165) is 34.6 Å². The second kappa shape index (κ2) is 13.1. The average Bonchev–Trinajstić information content (AvgIpc) is 3.28. The van der Waals surface area contributed by atoms with E-state index in [0.29, 0.717) is 34.2 Å². The summed E-state index contributed by atoms with van der Waals surface area (Å²) in [5.41, 5.74) is 2.21. The van der Waals surface area contributed by atoms with E-state index >= 15 is 0 Å². The smallest absolute Gasteiger partial charge is 0.341 e. The summed E-state index contributed by atoms with van der Waals surface area (Å²) in [4.78, 5) is 51.1. The van der Waals surface area contributed by atoms with Crippen LogP contribution in [0.2, 0.25) is 0 Å². The van der Waals surface area contributed by atoms with Crippen LogP contribution in [0.25, 0.3) is 0 Å². The summed E-state index contributed by atoms with van der Waals surface area (Å²) in [5, 5.41) is 16.8. The van der Waals surface area contributed by atoms with Crippen LogP contribution in [0.1, 0.15) is 64.8 Å². The summed E-state index contributed by atoms with van der Waals surface area (Å²) >= 11 is 2.83. The number of non-ortho nitro benzene ring substituents is 1. The topological polar surface area (TPSA) is 128 Å². The maximum Gasteiger partial charge on any atom is 0.341 e. The second-order valence-electron chi connectivity index (χ2n) is 9.57. The molecule has 0 saturated carbocycles. The lowest BCUT2D eigenvalue weighted by Gasteiger charge is -2.18. The third-order valence-electron chi connectivity index (χ3n) is 6.60. The molecule has 1 aromatic heterocycles. The van der Waals surface area contributed by atoms with E-state index in [-0.39, 0.29) is 18.2 Å². The van der Waals surface area contributed by atoms with Crippen molar-refractivity contribution in [3.8, 4) is 0 Å². The van der Waals surface area contributed by atoms with Gasteiger partial charge in [-0.05, 0) is 74.4 Å². The number of amides is 2. The van der Waals surface area contributed by atoms with Crippen molar-refractivity contribution in [2.45, 2.75) is 56.6 Å². The van der Waals surface area contributed by atoms with Gasteiger partial charge in [-0.3, -0.25) is 19.7 Å². The van der Waals surface area contributed by atoms with Gasteiger partial charge in [0.15, 0.2) is 0 Å². The van der Waals surface area contributed by atoms with Gasteiger partial charge >= 0.3 is 5.97 Å². The first-order valence-corrected chi connectivity index (χ1v) is 14.8. The number of nitro benzene ring substituents is 1. The van der Waals surface area contributed by atoms with Crippen molar-refractivity contribution < 1.29 is 24.0 Å². The fourth-order valence-corrected chi connectivity index (χ4v) is 6.94. The van der Waals surface area contributed by atoms with Crippen LogP contribution in [-0.4, -0.2) is 34.6 Å². The standard InChI is InChI=1S/C29H31N3O6S2/c1-4-23(27(34)31-28-25(29(35)38-5-2)22-14-9-17(3)15-24(22)40-28)39-21-8-6-7-19(16-21)30-26(33)18-10-12-20(13-11-18)32(36)37/h6-8,10-13,16-17,23H,4-5,9,14-15H2,1-3H3,(H,30,33)(H,31,34). The summed E-state index contributed by atoms with van der Waals surface area (Å²) in [6.45, 7) is 6.14. The van der Waals surface area contributed by atoms with Crippen LogP contribution in [0.5, 0.6) is 0 Å². The molecule has 0 saturated heterocycles. The number of nitro groups is 1. The monoisotopic (exact) mass is 581 g/mol. The minimum absolute atomic E-state index is 0.0921. The van der Waals surface area contributed by atoms with Crippen LogP contribution in [0.3, 0.4) is 0 Å². The number of hydrogen-bond donors (Lipinski definition) is 2. The van der Waals surface area contributed by atoms with Crippen LogP contribution in [0, 0.1) is 16.0 Å². The largest absolute Gasteiger partial charge is 0.462 e. The van der Waals surface area contributed by atoms with Gasteiger partial charge in [-0.25, -0.2) is 4.79 Å². The van der Waals surface area contributed by atoms with Gasteiger partial charge in [0.05, 0.1) is 22.3 Å². The summed E-state index contributed by atoms with van der Waals surface area (Å²) < 4.78 is 5.32. The Morgan fingerprint density at radius 2 is 1.90 bits per heavy atom. The third kappa shape index (κ3) is 6.89. The lowest BCUT2D eigenvalue weighted by atomic mass is 9.88. The molecular formula is C29H31N3O6S2. The van der Waals surface area contributed by atoms with Crippen LogP contribution in [0.15, 0.2) is 53.4 Å². The first-order valence-electron chi connectivity index (χ1n) is 13.1. The number of hydrogen-bond acceptors (Lipinski definition) is 8. The predicted octanol–water partition coefficient (Wildman–Crippen LogP) is 6.72. The molecule has 2 amide bonds. The number of ether oxygens (including phenoxy) is 1. The molecule has 1 heterocycles. The molecule has 9 nitrogen and oxygen atoms in total. The first kappa shape index (κ1) is 29.3. The fourth-order valence-electron chi connectivity index (χ4n) is 4.52. The fraction of sp³-hybridized carbons (Fsp3) is 0.345. The van der Waals surface area contributed by atoms with Gasteiger partial charge < -0.3 is 15.4 Å². The van der Waals surface area contributed by atoms with Crippen molar-refractivity contribution in [3.05, 3.63) is 80.2 Å². The van der Waals surface area contributed by atoms with Crippen molar-refractivity contribution >= 4 is 57.3 Å². The Morgan fingerprint density at radius 3 is 2.58 bits per heavy atom. The van der Waals surface area contributed by atoms with E-state index in [1.807, 2.05) is 13.0 Å². The molecule has 210 valence electrons. The quantitative estimate of drug-likeness (QED) is 0.118. The lowest BCUT2D eigenvalue weighted by molar-refractivity contribution is -0.384. The van der Waals surface area contributed by atoms with Gasteiger partial charge in [-0.1, -0.05) is 19.9 Å². The number of esters is 1. The number of carbonyl (C=O) groups excluding carboxylic acids is 3. The van der Waals surface area contributed by atoms with E-state index in [1.54, 1.807) is 25.1 Å². The van der Waals surface area contributed by atoms with Crippen LogP contribution in [0.4, 0.5) is 16.4 Å². The Bertz CT molecular complexity index is 1420. The zero-order chi connectivity index (χ0) is 28.8. The van der Waals surface area contributed by atoms with Crippen LogP contribution >= 0.6 is 23.1 Å². The predicted molar refractivity (Wildman–Crippen MR) is 158 cm³/mol. The Labute approximate surface area is 240 Å². The molecule has 4 rings (SSSR count). The number of nitrogens with zero attached hydrogens (tertiary/aromatic N) is 1. The van der Waals surface area contributed by atoms with Gasteiger partial charge in [0.25, 0.3) is 11.6 Å². The van der Waals surface area contributed by atoms with Crippen molar-refractivity contribution in [3.63, 3.8) is 0 Å². The highest BCUT2D eigenvalue weighted by molar-refractivity contribution is 8.00. The van der Waals surface area contributed by atoms with Crippen molar-refractivity contribution in [1.82, 2.24) is 0 Å². The molecule has 0 spiro atoms. The molecule has 0 bridgehead atoms. The van der Waals surface area contributed by atoms with Gasteiger partial charge in [-0.2, -0.15) is 0 Å². The molecule has 2 atom stereocenters. The lowest BCUT2D eigenvalue weighted by Crippen LogP contribution is -2.25. The van der Waals surface area contributed by atoms with Crippen molar-refractivity contribution in [2.75, 3.05) is 17.2 Å². The number of anilines is 2. The van der Waals surface area contributed by atoms with E-state index in [2.05, 4.69) is 17.6 Å². The minimum atomic E-state index is -0.520. The van der Waals surface area contributed by atoms with E-state index in [1.165, 1.54) is 47.4 Å². The molecule has 2 aromatic carbocycles. The molecule has 1 aliphatic rings. The van der Waals surface area contributed by atoms with E-state index in [9.17, 15) is 24.5 Å². The highest BCUT2D eigenvalue weighted by Gasteiger charge is 2.30. The molecule has 11 heteroatoms. The second-order valence-corrected chi connectivity index (χ2v) is 11.9. The number of rotatable bonds is 10. The average molecular weight is 582 g/mol. The molecule has 0 fully saturated rings. The number of thiophene rings is 1. The number of thioether (sulfide) groups is 1. The zero-order valence-corrected chi connectivity index (χ0v) is 24.2. The SMILES string of the molecule is CCOC(=O)c1c(NC(=O)C(CC)Sc2cccc(NC(=O)c3ccc([N+](=O)[O-])cc3)c2)sc2c1CCC(C)C2. The molecule has 0 aliphatic heterocycles. The molecule has 40 heavy (non-hydrogen) atoms. The molecule has 2 unspecified atom stereocenters. The number of fused-ring (bicyclic) bond motifs is 1. The summed E-state index contributed by atoms with van der Waals surface area (Å²) in [6.07, 6.45) is 3.22.